The number of nitrogens with zero attached hydrogens (tertiary/aromatic N) is 5. The Kier molecular flexibility index (Phi) is 6.82. The summed E-state index contributed by atoms with van der Waals surface area (Å²) in [4.78, 5) is 12.9. The molecule has 0 fully saturated rings. The van der Waals surface area contributed by atoms with Crippen molar-refractivity contribution in [2.45, 2.75) is 13.2 Å². The van der Waals surface area contributed by atoms with Gasteiger partial charge in [-0.05, 0) is 29.3 Å². The predicted molar refractivity (Wildman–Crippen MR) is 117 cm³/mol. The maximum atomic E-state index is 9.12. The molecule has 1 aromatic heterocycles. The van der Waals surface area contributed by atoms with Gasteiger partial charge in [-0.2, -0.15) is 10.4 Å². The third-order valence-electron chi connectivity index (χ3n) is 4.22. The van der Waals surface area contributed by atoms with Gasteiger partial charge in [0.2, 0.25) is 5.95 Å². The number of hydrazone groups is 1. The minimum atomic E-state index is 0.0756. The molecule has 0 aliphatic rings. The van der Waals surface area contributed by atoms with Crippen molar-refractivity contribution in [1.82, 2.24) is 9.97 Å². The van der Waals surface area contributed by atoms with Crippen molar-refractivity contribution in [2.75, 3.05) is 12.8 Å². The molecule has 8 nitrogen and oxygen atoms in total. The third-order valence-corrected chi connectivity index (χ3v) is 4.22. The number of anilines is 1. The average Bonchev–Trinajstić information content (AvgIpc) is 2.77. The number of aliphatic imine (C=N–C) groups is 1. The Balaban J connectivity index is 1.83. The van der Waals surface area contributed by atoms with E-state index in [-0.39, 0.29) is 5.95 Å². The van der Waals surface area contributed by atoms with Gasteiger partial charge in [-0.1, -0.05) is 36.4 Å². The molecule has 0 unspecified atom stereocenters. The highest BCUT2D eigenvalue weighted by atomic mass is 16.5. The molecule has 0 atom stereocenters. The number of hydrogen-bond acceptors (Lipinski definition) is 8. The standard InChI is InChI=1S/C22H21N7O/c1-30-14-17-6-2-5-16(8-17)12-26-13-21(29-25)20-10-19(27-22(24)28-20)18-7-3-4-15(9-18)11-23/h2-10,13H,12,14,25H2,1H3,(H2,24,27,28)/b26-13?,29-21+. The number of nitrogens with two attached hydrogens (primary N) is 2. The maximum Gasteiger partial charge on any atom is 0.221 e. The van der Waals surface area contributed by atoms with Gasteiger partial charge in [-0.3, -0.25) is 4.99 Å². The number of hydrogen-bond donors (Lipinski definition) is 2. The van der Waals surface area contributed by atoms with Crippen molar-refractivity contribution < 1.29 is 4.74 Å². The van der Waals surface area contributed by atoms with E-state index in [4.69, 9.17) is 21.6 Å². The van der Waals surface area contributed by atoms with Crippen LogP contribution in [0.4, 0.5) is 5.95 Å². The molecule has 1 heterocycles. The molecule has 150 valence electrons. The van der Waals surface area contributed by atoms with E-state index < -0.39 is 0 Å². The molecule has 30 heavy (non-hydrogen) atoms. The molecule has 0 aliphatic heterocycles. The lowest BCUT2D eigenvalue weighted by molar-refractivity contribution is 0.185. The van der Waals surface area contributed by atoms with E-state index in [0.717, 1.165) is 16.7 Å². The van der Waals surface area contributed by atoms with E-state index in [1.165, 1.54) is 0 Å². The van der Waals surface area contributed by atoms with E-state index in [2.05, 4.69) is 26.1 Å². The lowest BCUT2D eigenvalue weighted by atomic mass is 10.1. The van der Waals surface area contributed by atoms with Crippen molar-refractivity contribution in [3.05, 3.63) is 77.0 Å². The molecule has 8 heteroatoms. The minimum absolute atomic E-state index is 0.0756. The van der Waals surface area contributed by atoms with Crippen molar-refractivity contribution in [2.24, 2.45) is 15.9 Å². The molecule has 0 spiro atoms. The van der Waals surface area contributed by atoms with Crippen molar-refractivity contribution >= 4 is 17.9 Å². The molecule has 0 bridgehead atoms. The first-order valence-corrected chi connectivity index (χ1v) is 9.13. The lowest BCUT2D eigenvalue weighted by Crippen LogP contribution is -2.11. The molecule has 0 radical (unpaired) electrons. The fourth-order valence-electron chi connectivity index (χ4n) is 2.88. The summed E-state index contributed by atoms with van der Waals surface area (Å²) in [6.07, 6.45) is 1.56. The summed E-state index contributed by atoms with van der Waals surface area (Å²) in [6, 6.07) is 18.9. The smallest absolute Gasteiger partial charge is 0.221 e. The minimum Gasteiger partial charge on any atom is -0.380 e. The number of aromatic nitrogens is 2. The van der Waals surface area contributed by atoms with Crippen LogP contribution >= 0.6 is 0 Å². The second-order valence-corrected chi connectivity index (χ2v) is 6.43. The molecule has 0 saturated heterocycles. The Morgan fingerprint density at radius 2 is 1.93 bits per heavy atom. The van der Waals surface area contributed by atoms with E-state index in [9.17, 15) is 0 Å². The topological polar surface area (TPSA) is 136 Å². The second kappa shape index (κ2) is 9.91. The summed E-state index contributed by atoms with van der Waals surface area (Å²) in [5.74, 6) is 5.64. The number of benzene rings is 2. The second-order valence-electron chi connectivity index (χ2n) is 6.43. The fourth-order valence-corrected chi connectivity index (χ4v) is 2.88. The highest BCUT2D eigenvalue weighted by molar-refractivity contribution is 6.37. The fraction of sp³-hybridized carbons (Fsp3) is 0.136. The molecule has 0 amide bonds. The Bertz CT molecular complexity index is 1130. The van der Waals surface area contributed by atoms with Gasteiger partial charge in [-0.25, -0.2) is 9.97 Å². The summed E-state index contributed by atoms with van der Waals surface area (Å²) < 4.78 is 5.16. The average molecular weight is 399 g/mol. The van der Waals surface area contributed by atoms with Gasteiger partial charge in [0, 0.05) is 12.7 Å². The Labute approximate surface area is 174 Å². The van der Waals surface area contributed by atoms with Gasteiger partial charge in [-0.15, -0.1) is 0 Å². The zero-order chi connectivity index (χ0) is 21.3. The van der Waals surface area contributed by atoms with Crippen molar-refractivity contribution in [3.63, 3.8) is 0 Å². The number of rotatable bonds is 7. The number of methoxy groups -OCH3 is 1. The molecule has 3 rings (SSSR count). The molecule has 3 aromatic rings. The van der Waals surface area contributed by atoms with E-state index in [1.54, 1.807) is 37.6 Å². The highest BCUT2D eigenvalue weighted by Crippen LogP contribution is 2.20. The highest BCUT2D eigenvalue weighted by Gasteiger charge is 2.10. The maximum absolute atomic E-state index is 9.12. The molecule has 0 aliphatic carbocycles. The van der Waals surface area contributed by atoms with E-state index in [0.29, 0.717) is 35.8 Å². The van der Waals surface area contributed by atoms with Crippen LogP contribution in [0.3, 0.4) is 0 Å². The van der Waals surface area contributed by atoms with Gasteiger partial charge in [0.25, 0.3) is 0 Å². The van der Waals surface area contributed by atoms with E-state index >= 15 is 0 Å². The predicted octanol–water partition coefficient (Wildman–Crippen LogP) is 2.68. The van der Waals surface area contributed by atoms with Gasteiger partial charge < -0.3 is 16.3 Å². The normalized spacial score (nSPS) is 11.5. The molecule has 0 saturated carbocycles. The van der Waals surface area contributed by atoms with Gasteiger partial charge >= 0.3 is 0 Å². The zero-order valence-corrected chi connectivity index (χ0v) is 16.5. The van der Waals surface area contributed by atoms with Crippen LogP contribution in [0.5, 0.6) is 0 Å². The largest absolute Gasteiger partial charge is 0.380 e. The van der Waals surface area contributed by atoms with Crippen molar-refractivity contribution in [1.29, 1.82) is 5.26 Å². The van der Waals surface area contributed by atoms with Crippen molar-refractivity contribution in [3.8, 4) is 17.3 Å². The first kappa shape index (κ1) is 20.6. The van der Waals surface area contributed by atoms with Crippen LogP contribution in [0.2, 0.25) is 0 Å². The number of nitriles is 1. The zero-order valence-electron chi connectivity index (χ0n) is 16.5. The Morgan fingerprint density at radius 3 is 2.70 bits per heavy atom. The quantitative estimate of drug-likeness (QED) is 0.356. The molecular formula is C22H21N7O. The first-order valence-electron chi connectivity index (χ1n) is 9.13. The Hall–Kier alpha value is -4.09. The van der Waals surface area contributed by atoms with Gasteiger partial charge in [0.1, 0.15) is 5.71 Å². The first-order chi connectivity index (χ1) is 14.6. The van der Waals surface area contributed by atoms with Crippen LogP contribution in [-0.2, 0) is 17.9 Å². The van der Waals surface area contributed by atoms with Crippen LogP contribution < -0.4 is 11.6 Å². The van der Waals surface area contributed by atoms with Crippen LogP contribution in [-0.4, -0.2) is 29.0 Å². The van der Waals surface area contributed by atoms with Crippen LogP contribution in [0, 0.1) is 11.3 Å². The number of ether oxygens (including phenoxy) is 1. The van der Waals surface area contributed by atoms with Gasteiger partial charge in [0.05, 0.1) is 42.4 Å². The molecular weight excluding hydrogens is 378 g/mol. The SMILES string of the molecule is COCc1cccc(CN=C/C(=N\N)c2cc(-c3cccc(C#N)c3)nc(N)n2)c1. The number of nitrogen functional groups attached to an aromatic ring is 1. The molecule has 4 N–H and O–H groups in total. The lowest BCUT2D eigenvalue weighted by Gasteiger charge is -2.06. The van der Waals surface area contributed by atoms with Gasteiger partial charge in [0.15, 0.2) is 0 Å². The Morgan fingerprint density at radius 1 is 1.13 bits per heavy atom. The summed E-state index contributed by atoms with van der Waals surface area (Å²) in [7, 11) is 1.66. The van der Waals surface area contributed by atoms with Crippen LogP contribution in [0.15, 0.2) is 64.7 Å². The summed E-state index contributed by atoms with van der Waals surface area (Å²) in [5.41, 5.74) is 10.6. The van der Waals surface area contributed by atoms with Crippen LogP contribution in [0.1, 0.15) is 22.4 Å². The summed E-state index contributed by atoms with van der Waals surface area (Å²) in [6.45, 7) is 0.997. The summed E-state index contributed by atoms with van der Waals surface area (Å²) in [5, 5.41) is 12.9. The van der Waals surface area contributed by atoms with E-state index in [1.807, 2.05) is 30.3 Å². The monoisotopic (exact) mass is 399 g/mol. The van der Waals surface area contributed by atoms with Crippen LogP contribution in [0.25, 0.3) is 11.3 Å². The third kappa shape index (κ3) is 5.25. The summed E-state index contributed by atoms with van der Waals surface area (Å²) >= 11 is 0. The molecule has 2 aromatic carbocycles.